The van der Waals surface area contributed by atoms with Crippen LogP contribution in [0.2, 0.25) is 0 Å². The number of aromatic nitrogens is 2. The van der Waals surface area contributed by atoms with E-state index in [1.54, 1.807) is 0 Å². The number of hydrogen-bond donors (Lipinski definition) is 2. The first kappa shape index (κ1) is 18.6. The Morgan fingerprint density at radius 1 is 1.27 bits per heavy atom. The van der Waals surface area contributed by atoms with Crippen molar-refractivity contribution < 1.29 is 23.1 Å². The minimum Gasteiger partial charge on any atom is -0.467 e. The van der Waals surface area contributed by atoms with Gasteiger partial charge in [0.25, 0.3) is 0 Å². The van der Waals surface area contributed by atoms with Crippen molar-refractivity contribution in [2.24, 2.45) is 0 Å². The van der Waals surface area contributed by atoms with Crippen LogP contribution in [0.15, 0.2) is 17.3 Å². The van der Waals surface area contributed by atoms with Gasteiger partial charge in [-0.25, -0.2) is 18.6 Å². The summed E-state index contributed by atoms with van der Waals surface area (Å²) in [5, 5.41) is 3.18. The monoisotopic (exact) mass is 383 g/mol. The molecule has 0 bridgehead atoms. The van der Waals surface area contributed by atoms with E-state index >= 15 is 0 Å². The van der Waals surface area contributed by atoms with Crippen LogP contribution in [0.5, 0.6) is 0 Å². The molecule has 0 spiro atoms. The van der Waals surface area contributed by atoms with E-state index in [0.717, 1.165) is 43.2 Å². The maximum absolute atomic E-state index is 13.2. The van der Waals surface area contributed by atoms with E-state index in [1.807, 2.05) is 0 Å². The minimum absolute atomic E-state index is 0.0174. The van der Waals surface area contributed by atoms with E-state index in [4.69, 9.17) is 4.74 Å². The van der Waals surface area contributed by atoms with E-state index in [9.17, 15) is 18.4 Å². The largest absolute Gasteiger partial charge is 0.467 e. The van der Waals surface area contributed by atoms with Crippen molar-refractivity contribution in [1.82, 2.24) is 15.3 Å². The van der Waals surface area contributed by atoms with Gasteiger partial charge in [0.15, 0.2) is 16.8 Å². The van der Waals surface area contributed by atoms with E-state index in [0.29, 0.717) is 23.5 Å². The molecule has 0 aliphatic heterocycles. The van der Waals surface area contributed by atoms with Crippen LogP contribution in [0.4, 0.5) is 8.78 Å². The summed E-state index contributed by atoms with van der Waals surface area (Å²) < 4.78 is 31.4. The summed E-state index contributed by atoms with van der Waals surface area (Å²) >= 11 is 1.10. The van der Waals surface area contributed by atoms with Gasteiger partial charge in [-0.1, -0.05) is 31.0 Å². The zero-order chi connectivity index (χ0) is 18.7. The fourth-order valence-corrected chi connectivity index (χ4v) is 3.90. The van der Waals surface area contributed by atoms with Gasteiger partial charge in [-0.15, -0.1) is 0 Å². The van der Waals surface area contributed by atoms with E-state index < -0.39 is 23.1 Å². The molecule has 1 aliphatic rings. The van der Waals surface area contributed by atoms with Crippen molar-refractivity contribution in [3.05, 3.63) is 23.8 Å². The number of benzene rings is 1. The number of methoxy groups -OCH3 is 1. The topological polar surface area (TPSA) is 84.1 Å². The predicted molar refractivity (Wildman–Crippen MR) is 92.7 cm³/mol. The van der Waals surface area contributed by atoms with Gasteiger partial charge >= 0.3 is 5.97 Å². The number of halogens is 2. The third kappa shape index (κ3) is 3.82. The van der Waals surface area contributed by atoms with Gasteiger partial charge in [-0.3, -0.25) is 4.79 Å². The Kier molecular flexibility index (Phi) is 5.45. The summed E-state index contributed by atoms with van der Waals surface area (Å²) in [6.45, 7) is 0. The highest BCUT2D eigenvalue weighted by Gasteiger charge is 2.41. The number of carbonyl (C=O) groups is 2. The van der Waals surface area contributed by atoms with Crippen LogP contribution in [0.25, 0.3) is 11.0 Å². The summed E-state index contributed by atoms with van der Waals surface area (Å²) in [5.41, 5.74) is -0.333. The van der Waals surface area contributed by atoms with Crippen LogP contribution >= 0.6 is 11.8 Å². The first-order chi connectivity index (χ1) is 12.4. The normalized spacial score (nSPS) is 16.4. The molecule has 1 aromatic heterocycles. The molecule has 1 saturated carbocycles. The molecule has 2 aromatic rings. The highest BCUT2D eigenvalue weighted by Crippen LogP contribution is 2.30. The lowest BCUT2D eigenvalue weighted by Crippen LogP contribution is -2.56. The molecule has 0 saturated heterocycles. The number of amides is 1. The molecule has 1 aliphatic carbocycles. The molecule has 1 fully saturated rings. The number of carbonyl (C=O) groups excluding carboxylic acids is 2. The van der Waals surface area contributed by atoms with E-state index in [-0.39, 0.29) is 17.2 Å². The number of rotatable bonds is 5. The summed E-state index contributed by atoms with van der Waals surface area (Å²) in [5.74, 6) is -2.67. The molecular weight excluding hydrogens is 364 g/mol. The lowest BCUT2D eigenvalue weighted by atomic mass is 9.81. The Morgan fingerprint density at radius 3 is 2.65 bits per heavy atom. The Morgan fingerprint density at radius 2 is 1.96 bits per heavy atom. The number of H-pyrrole nitrogens is 1. The van der Waals surface area contributed by atoms with Gasteiger partial charge in [0.05, 0.1) is 23.9 Å². The minimum atomic E-state index is -0.976. The number of hydrogen-bond acceptors (Lipinski definition) is 5. The lowest BCUT2D eigenvalue weighted by molar-refractivity contribution is -0.152. The average molecular weight is 383 g/mol. The Balaban J connectivity index is 1.65. The molecule has 1 amide bonds. The molecule has 1 heterocycles. The van der Waals surface area contributed by atoms with Gasteiger partial charge in [0.2, 0.25) is 5.91 Å². The van der Waals surface area contributed by atoms with Crippen LogP contribution < -0.4 is 5.32 Å². The second kappa shape index (κ2) is 7.61. The van der Waals surface area contributed by atoms with E-state index in [1.165, 1.54) is 7.11 Å². The molecule has 140 valence electrons. The van der Waals surface area contributed by atoms with Crippen LogP contribution in [-0.2, 0) is 14.3 Å². The first-order valence-corrected chi connectivity index (χ1v) is 9.29. The van der Waals surface area contributed by atoms with Gasteiger partial charge in [-0.05, 0) is 12.8 Å². The summed E-state index contributed by atoms with van der Waals surface area (Å²) in [6, 6.07) is 2.02. The average Bonchev–Trinajstić information content (AvgIpc) is 3.02. The van der Waals surface area contributed by atoms with Crippen molar-refractivity contribution in [1.29, 1.82) is 0 Å². The maximum Gasteiger partial charge on any atom is 0.331 e. The quantitative estimate of drug-likeness (QED) is 0.613. The highest BCUT2D eigenvalue weighted by atomic mass is 32.2. The molecule has 26 heavy (non-hydrogen) atoms. The number of esters is 1. The molecule has 1 aromatic carbocycles. The van der Waals surface area contributed by atoms with Crippen molar-refractivity contribution >= 4 is 34.7 Å². The first-order valence-electron chi connectivity index (χ1n) is 8.30. The van der Waals surface area contributed by atoms with Crippen LogP contribution in [0, 0.1) is 11.6 Å². The van der Waals surface area contributed by atoms with Gasteiger partial charge < -0.3 is 15.0 Å². The number of aromatic amines is 1. The van der Waals surface area contributed by atoms with Gasteiger partial charge in [0.1, 0.15) is 5.54 Å². The van der Waals surface area contributed by atoms with Crippen molar-refractivity contribution in [2.75, 3.05) is 12.9 Å². The second-order valence-electron chi connectivity index (χ2n) is 6.30. The van der Waals surface area contributed by atoms with E-state index in [2.05, 4.69) is 15.3 Å². The number of nitrogens with one attached hydrogen (secondary N) is 2. The fraction of sp³-hybridized carbons (Fsp3) is 0.471. The summed E-state index contributed by atoms with van der Waals surface area (Å²) in [4.78, 5) is 31.4. The Bertz CT molecular complexity index is 795. The third-order valence-electron chi connectivity index (χ3n) is 4.50. The van der Waals surface area contributed by atoms with Crippen molar-refractivity contribution in [3.63, 3.8) is 0 Å². The molecule has 2 N–H and O–H groups in total. The smallest absolute Gasteiger partial charge is 0.331 e. The number of thioether (sulfide) groups is 1. The molecule has 9 heteroatoms. The number of fused-ring (bicyclic) bond motifs is 1. The van der Waals surface area contributed by atoms with Gasteiger partial charge in [-0.2, -0.15) is 0 Å². The fourth-order valence-electron chi connectivity index (χ4n) is 3.22. The van der Waals surface area contributed by atoms with Crippen molar-refractivity contribution in [3.8, 4) is 0 Å². The number of ether oxygens (including phenoxy) is 1. The van der Waals surface area contributed by atoms with Crippen LogP contribution in [-0.4, -0.2) is 40.2 Å². The molecule has 0 atom stereocenters. The molecule has 0 radical (unpaired) electrons. The maximum atomic E-state index is 13.2. The lowest BCUT2D eigenvalue weighted by Gasteiger charge is -2.35. The Hall–Kier alpha value is -2.16. The summed E-state index contributed by atoms with van der Waals surface area (Å²) in [6.07, 6.45) is 3.83. The molecular formula is C17H19F2N3O3S. The Labute approximate surface area is 153 Å². The third-order valence-corrected chi connectivity index (χ3v) is 5.38. The number of imidazole rings is 1. The van der Waals surface area contributed by atoms with Gasteiger partial charge in [0, 0.05) is 12.1 Å². The van der Waals surface area contributed by atoms with Crippen LogP contribution in [0.3, 0.4) is 0 Å². The summed E-state index contributed by atoms with van der Waals surface area (Å²) in [7, 11) is 1.31. The van der Waals surface area contributed by atoms with Crippen LogP contribution in [0.1, 0.15) is 32.1 Å². The number of nitrogens with zero attached hydrogens (tertiary/aromatic N) is 1. The zero-order valence-electron chi connectivity index (χ0n) is 14.2. The van der Waals surface area contributed by atoms with Crippen molar-refractivity contribution in [2.45, 2.75) is 42.8 Å². The highest BCUT2D eigenvalue weighted by molar-refractivity contribution is 7.99. The predicted octanol–water partition coefficient (Wildman–Crippen LogP) is 2.93. The standard InChI is InChI=1S/C17H19F2N3O3S/c1-25-15(24)17(5-3-2-4-6-17)22-14(23)9-26-16-20-12-7-10(18)11(19)8-13(12)21-16/h7-8H,2-6,9H2,1H3,(H,20,21)(H,22,23). The molecule has 0 unspecified atom stereocenters. The SMILES string of the molecule is COC(=O)C1(NC(=O)CSc2nc3cc(F)c(F)cc3[nH]2)CCCCC1. The molecule has 6 nitrogen and oxygen atoms in total. The molecule has 3 rings (SSSR count). The second-order valence-corrected chi connectivity index (χ2v) is 7.26. The zero-order valence-corrected chi connectivity index (χ0v) is 15.0.